The summed E-state index contributed by atoms with van der Waals surface area (Å²) in [7, 11) is 1.42. The van der Waals surface area contributed by atoms with Gasteiger partial charge in [-0.25, -0.2) is 0 Å². The third-order valence-electron chi connectivity index (χ3n) is 1.07. The molecule has 0 rings (SSSR count). The minimum absolute atomic E-state index is 0.125. The van der Waals surface area contributed by atoms with Crippen LogP contribution in [0.15, 0.2) is 25.0 Å². The fourth-order valence-corrected chi connectivity index (χ4v) is 0.548. The number of esters is 1. The standard InChI is InChI=1S/C9H12O4/c1-3-5-13-9(11)7-8(10)4-6-12-2/h3-4,6H,1,5,7H2,2H3/b6-4+. The number of rotatable bonds is 6. The third kappa shape index (κ3) is 6.80. The second kappa shape index (κ2) is 7.09. The van der Waals surface area contributed by atoms with E-state index in [1.54, 1.807) is 0 Å². The molecule has 0 N–H and O–H groups in total. The first-order valence-electron chi connectivity index (χ1n) is 3.69. The Balaban J connectivity index is 3.71. The van der Waals surface area contributed by atoms with E-state index in [9.17, 15) is 9.59 Å². The molecule has 0 aliphatic carbocycles. The van der Waals surface area contributed by atoms with Gasteiger partial charge >= 0.3 is 5.97 Å². The lowest BCUT2D eigenvalue weighted by Crippen LogP contribution is -2.09. The molecule has 0 aliphatic heterocycles. The number of ketones is 1. The average molecular weight is 184 g/mol. The molecule has 0 radical (unpaired) electrons. The summed E-state index contributed by atoms with van der Waals surface area (Å²) in [6.45, 7) is 3.49. The smallest absolute Gasteiger partial charge is 0.313 e. The molecule has 0 unspecified atom stereocenters. The van der Waals surface area contributed by atoms with Crippen molar-refractivity contribution in [1.29, 1.82) is 0 Å². The normalized spacial score (nSPS) is 9.62. The van der Waals surface area contributed by atoms with E-state index in [2.05, 4.69) is 16.1 Å². The number of carbonyl (C=O) groups excluding carboxylic acids is 2. The summed E-state index contributed by atoms with van der Waals surface area (Å²) in [4.78, 5) is 21.7. The first-order valence-corrected chi connectivity index (χ1v) is 3.69. The zero-order chi connectivity index (χ0) is 10.1. The van der Waals surface area contributed by atoms with Crippen molar-refractivity contribution in [3.05, 3.63) is 25.0 Å². The number of methoxy groups -OCH3 is 1. The lowest BCUT2D eigenvalue weighted by molar-refractivity contribution is -0.144. The van der Waals surface area contributed by atoms with Gasteiger partial charge in [0.05, 0.1) is 13.4 Å². The van der Waals surface area contributed by atoms with Gasteiger partial charge in [0.25, 0.3) is 0 Å². The first kappa shape index (κ1) is 11.4. The lowest BCUT2D eigenvalue weighted by atomic mass is 10.3. The van der Waals surface area contributed by atoms with Crippen molar-refractivity contribution in [2.24, 2.45) is 0 Å². The quantitative estimate of drug-likeness (QED) is 0.202. The predicted molar refractivity (Wildman–Crippen MR) is 46.9 cm³/mol. The maximum Gasteiger partial charge on any atom is 0.313 e. The lowest BCUT2D eigenvalue weighted by Gasteiger charge is -1.97. The van der Waals surface area contributed by atoms with Crippen molar-refractivity contribution in [3.8, 4) is 0 Å². The molecule has 13 heavy (non-hydrogen) atoms. The highest BCUT2D eigenvalue weighted by molar-refractivity contribution is 6.01. The van der Waals surface area contributed by atoms with Gasteiger partial charge in [0, 0.05) is 6.08 Å². The molecular formula is C9H12O4. The molecular weight excluding hydrogens is 172 g/mol. The summed E-state index contributed by atoms with van der Waals surface area (Å²) in [6.07, 6.45) is 3.55. The molecule has 0 spiro atoms. The summed E-state index contributed by atoms with van der Waals surface area (Å²) in [5, 5.41) is 0. The molecule has 0 aromatic rings. The van der Waals surface area contributed by atoms with Gasteiger partial charge in [-0.2, -0.15) is 0 Å². The van der Waals surface area contributed by atoms with Crippen molar-refractivity contribution >= 4 is 11.8 Å². The SMILES string of the molecule is C=CCOC(=O)CC(=O)/C=C/OC. The topological polar surface area (TPSA) is 52.6 Å². The number of hydrogen-bond donors (Lipinski definition) is 0. The minimum atomic E-state index is -0.564. The maximum absolute atomic E-state index is 10.9. The monoisotopic (exact) mass is 184 g/mol. The van der Waals surface area contributed by atoms with E-state index in [-0.39, 0.29) is 18.8 Å². The van der Waals surface area contributed by atoms with Crippen LogP contribution in [0.5, 0.6) is 0 Å². The van der Waals surface area contributed by atoms with Crippen LogP contribution in [-0.2, 0) is 19.1 Å². The Labute approximate surface area is 76.8 Å². The van der Waals surface area contributed by atoms with Crippen molar-refractivity contribution in [3.63, 3.8) is 0 Å². The maximum atomic E-state index is 10.9. The van der Waals surface area contributed by atoms with Crippen LogP contribution in [0.3, 0.4) is 0 Å². The summed E-state index contributed by atoms with van der Waals surface area (Å²) in [6, 6.07) is 0. The second-order valence-corrected chi connectivity index (χ2v) is 2.15. The number of hydrogen-bond acceptors (Lipinski definition) is 4. The number of ether oxygens (including phenoxy) is 2. The predicted octanol–water partition coefficient (Wildman–Crippen LogP) is 0.835. The molecule has 72 valence electrons. The van der Waals surface area contributed by atoms with E-state index in [4.69, 9.17) is 0 Å². The molecule has 0 saturated heterocycles. The van der Waals surface area contributed by atoms with Gasteiger partial charge in [0.15, 0.2) is 5.78 Å². The van der Waals surface area contributed by atoms with Crippen LogP contribution in [-0.4, -0.2) is 25.5 Å². The molecule has 0 aliphatic rings. The van der Waals surface area contributed by atoms with Gasteiger partial charge in [-0.3, -0.25) is 9.59 Å². The van der Waals surface area contributed by atoms with Gasteiger partial charge in [-0.15, -0.1) is 0 Å². The third-order valence-corrected chi connectivity index (χ3v) is 1.07. The van der Waals surface area contributed by atoms with Gasteiger partial charge in [-0.1, -0.05) is 12.7 Å². The fraction of sp³-hybridized carbons (Fsp3) is 0.333. The Bertz CT molecular complexity index is 218. The van der Waals surface area contributed by atoms with Crippen LogP contribution in [0.25, 0.3) is 0 Å². The van der Waals surface area contributed by atoms with Crippen LogP contribution in [0, 0.1) is 0 Å². The van der Waals surface area contributed by atoms with Crippen LogP contribution in [0.2, 0.25) is 0 Å². The Hall–Kier alpha value is -1.58. The fourth-order valence-electron chi connectivity index (χ4n) is 0.548. The van der Waals surface area contributed by atoms with Crippen molar-refractivity contribution in [1.82, 2.24) is 0 Å². The molecule has 0 aromatic carbocycles. The van der Waals surface area contributed by atoms with E-state index in [1.807, 2.05) is 0 Å². The number of carbonyl (C=O) groups is 2. The highest BCUT2D eigenvalue weighted by Crippen LogP contribution is 1.90. The Morgan fingerprint density at radius 2 is 2.15 bits per heavy atom. The number of allylic oxidation sites excluding steroid dienone is 1. The van der Waals surface area contributed by atoms with E-state index >= 15 is 0 Å². The van der Waals surface area contributed by atoms with Gasteiger partial charge in [0.1, 0.15) is 13.0 Å². The first-order chi connectivity index (χ1) is 6.20. The summed E-state index contributed by atoms with van der Waals surface area (Å²) in [5.41, 5.74) is 0. The van der Waals surface area contributed by atoms with Crippen LogP contribution < -0.4 is 0 Å². The van der Waals surface area contributed by atoms with Crippen molar-refractivity contribution in [2.75, 3.05) is 13.7 Å². The van der Waals surface area contributed by atoms with Crippen LogP contribution in [0.4, 0.5) is 0 Å². The van der Waals surface area contributed by atoms with Gasteiger partial charge < -0.3 is 9.47 Å². The van der Waals surface area contributed by atoms with Crippen molar-refractivity contribution in [2.45, 2.75) is 6.42 Å². The van der Waals surface area contributed by atoms with Gasteiger partial charge in [0.2, 0.25) is 0 Å². The average Bonchev–Trinajstić information content (AvgIpc) is 2.11. The molecule has 4 heteroatoms. The summed E-state index contributed by atoms with van der Waals surface area (Å²) >= 11 is 0. The Morgan fingerprint density at radius 1 is 1.46 bits per heavy atom. The highest BCUT2D eigenvalue weighted by Gasteiger charge is 2.06. The van der Waals surface area contributed by atoms with E-state index < -0.39 is 5.97 Å². The summed E-state index contributed by atoms with van der Waals surface area (Å²) in [5.74, 6) is -0.915. The molecule has 0 heterocycles. The van der Waals surface area contributed by atoms with Gasteiger partial charge in [-0.05, 0) is 0 Å². The molecule has 0 bridgehead atoms. The van der Waals surface area contributed by atoms with E-state index in [0.717, 1.165) is 0 Å². The molecule has 0 aromatic heterocycles. The Kier molecular flexibility index (Phi) is 6.23. The van der Waals surface area contributed by atoms with Crippen molar-refractivity contribution < 1.29 is 19.1 Å². The van der Waals surface area contributed by atoms with E-state index in [0.29, 0.717) is 0 Å². The molecule has 0 amide bonds. The Morgan fingerprint density at radius 3 is 2.69 bits per heavy atom. The highest BCUT2D eigenvalue weighted by atomic mass is 16.5. The second-order valence-electron chi connectivity index (χ2n) is 2.15. The molecule has 0 fully saturated rings. The zero-order valence-corrected chi connectivity index (χ0v) is 7.49. The molecule has 0 atom stereocenters. The minimum Gasteiger partial charge on any atom is -0.504 e. The van der Waals surface area contributed by atoms with Crippen LogP contribution >= 0.6 is 0 Å². The van der Waals surface area contributed by atoms with E-state index in [1.165, 1.54) is 25.5 Å². The largest absolute Gasteiger partial charge is 0.504 e. The van der Waals surface area contributed by atoms with Crippen LogP contribution in [0.1, 0.15) is 6.42 Å². The zero-order valence-electron chi connectivity index (χ0n) is 7.49. The molecule has 4 nitrogen and oxygen atoms in total. The summed E-state index contributed by atoms with van der Waals surface area (Å²) < 4.78 is 9.09. The molecule has 0 saturated carbocycles.